The lowest BCUT2D eigenvalue weighted by Crippen LogP contribution is -2.35. The summed E-state index contributed by atoms with van der Waals surface area (Å²) in [6.45, 7) is 0.427. The van der Waals surface area contributed by atoms with E-state index < -0.39 is 5.97 Å². The van der Waals surface area contributed by atoms with Crippen LogP contribution in [0.25, 0.3) is 0 Å². The summed E-state index contributed by atoms with van der Waals surface area (Å²) in [6.07, 6.45) is 7.61. The van der Waals surface area contributed by atoms with Crippen molar-refractivity contribution >= 4 is 11.9 Å². The molecule has 0 heterocycles. The van der Waals surface area contributed by atoms with E-state index in [0.717, 1.165) is 37.0 Å². The van der Waals surface area contributed by atoms with E-state index in [0.29, 0.717) is 19.4 Å². The highest BCUT2D eigenvalue weighted by Gasteiger charge is 2.31. The van der Waals surface area contributed by atoms with E-state index in [9.17, 15) is 9.59 Å². The van der Waals surface area contributed by atoms with Crippen LogP contribution in [0.4, 0.5) is 0 Å². The second kappa shape index (κ2) is 8.37. The number of amides is 1. The lowest BCUT2D eigenvalue weighted by molar-refractivity contribution is -0.144. The van der Waals surface area contributed by atoms with Gasteiger partial charge in [0.25, 0.3) is 0 Å². The van der Waals surface area contributed by atoms with Crippen molar-refractivity contribution in [3.8, 4) is 5.75 Å². The Labute approximate surface area is 148 Å². The number of nitrogens with one attached hydrogen (secondary N) is 1. The predicted molar refractivity (Wildman–Crippen MR) is 94.3 cm³/mol. The van der Waals surface area contributed by atoms with Gasteiger partial charge in [-0.05, 0) is 51.0 Å². The zero-order chi connectivity index (χ0) is 17.6. The molecule has 5 nitrogen and oxygen atoms in total. The first-order valence-electron chi connectivity index (χ1n) is 9.38. The highest BCUT2D eigenvalue weighted by atomic mass is 16.5. The maximum atomic E-state index is 12.5. The van der Waals surface area contributed by atoms with Gasteiger partial charge in [-0.15, -0.1) is 0 Å². The van der Waals surface area contributed by atoms with Crippen LogP contribution in [-0.2, 0) is 16.1 Å². The molecule has 0 saturated heterocycles. The molecule has 3 rings (SSSR count). The number of carboxylic acids is 1. The van der Waals surface area contributed by atoms with Gasteiger partial charge in [-0.3, -0.25) is 9.59 Å². The van der Waals surface area contributed by atoms with Crippen molar-refractivity contribution in [2.45, 2.75) is 64.0 Å². The van der Waals surface area contributed by atoms with Crippen molar-refractivity contribution in [1.29, 1.82) is 0 Å². The van der Waals surface area contributed by atoms with Crippen LogP contribution < -0.4 is 10.1 Å². The number of hydrogen-bond donors (Lipinski definition) is 2. The molecule has 1 aromatic carbocycles. The van der Waals surface area contributed by atoms with Gasteiger partial charge in [0.05, 0.1) is 12.0 Å². The first kappa shape index (κ1) is 17.8. The molecule has 1 aromatic rings. The molecule has 2 atom stereocenters. The Balaban J connectivity index is 1.55. The maximum Gasteiger partial charge on any atom is 0.306 e. The van der Waals surface area contributed by atoms with Crippen molar-refractivity contribution in [3.05, 3.63) is 29.8 Å². The average molecular weight is 345 g/mol. The Kier molecular flexibility index (Phi) is 5.95. The zero-order valence-corrected chi connectivity index (χ0v) is 14.6. The first-order valence-corrected chi connectivity index (χ1v) is 9.38. The highest BCUT2D eigenvalue weighted by Crippen LogP contribution is 2.30. The Morgan fingerprint density at radius 3 is 2.52 bits per heavy atom. The first-order chi connectivity index (χ1) is 12.1. The van der Waals surface area contributed by atoms with Gasteiger partial charge in [0, 0.05) is 18.0 Å². The fraction of sp³-hybridized carbons (Fsp3) is 0.600. The maximum absolute atomic E-state index is 12.5. The van der Waals surface area contributed by atoms with Gasteiger partial charge in [-0.1, -0.05) is 24.6 Å². The molecule has 2 unspecified atom stereocenters. The van der Waals surface area contributed by atoms with Gasteiger partial charge in [-0.2, -0.15) is 0 Å². The third-order valence-electron chi connectivity index (χ3n) is 5.42. The second-order valence-electron chi connectivity index (χ2n) is 7.25. The number of carboxylic acid groups (broad SMARTS) is 1. The van der Waals surface area contributed by atoms with Crippen LogP contribution in [0, 0.1) is 11.8 Å². The van der Waals surface area contributed by atoms with E-state index in [1.54, 1.807) is 0 Å². The van der Waals surface area contributed by atoms with E-state index in [1.165, 1.54) is 12.8 Å². The number of para-hydroxylation sites is 1. The third-order valence-corrected chi connectivity index (χ3v) is 5.42. The molecule has 2 aliphatic rings. The van der Waals surface area contributed by atoms with Gasteiger partial charge in [-0.25, -0.2) is 0 Å². The summed E-state index contributed by atoms with van der Waals surface area (Å²) in [4.78, 5) is 23.6. The minimum absolute atomic E-state index is 0.0402. The number of ether oxygens (including phenoxy) is 1. The van der Waals surface area contributed by atoms with Crippen LogP contribution >= 0.6 is 0 Å². The summed E-state index contributed by atoms with van der Waals surface area (Å²) in [7, 11) is 0. The van der Waals surface area contributed by atoms with E-state index in [2.05, 4.69) is 5.32 Å². The zero-order valence-electron chi connectivity index (χ0n) is 14.6. The Morgan fingerprint density at radius 2 is 1.76 bits per heavy atom. The number of hydrogen-bond acceptors (Lipinski definition) is 3. The van der Waals surface area contributed by atoms with E-state index >= 15 is 0 Å². The predicted octanol–water partition coefficient (Wildman–Crippen LogP) is 3.52. The van der Waals surface area contributed by atoms with Crippen molar-refractivity contribution in [1.82, 2.24) is 5.32 Å². The molecular formula is C20H27NO4. The van der Waals surface area contributed by atoms with E-state index in [4.69, 9.17) is 9.84 Å². The van der Waals surface area contributed by atoms with Gasteiger partial charge in [0.15, 0.2) is 0 Å². The molecular weight excluding hydrogens is 318 g/mol. The van der Waals surface area contributed by atoms with Crippen LogP contribution in [0.2, 0.25) is 0 Å². The van der Waals surface area contributed by atoms with Crippen LogP contribution in [0.3, 0.4) is 0 Å². The molecule has 5 heteroatoms. The molecule has 2 saturated carbocycles. The Bertz CT molecular complexity index is 609. The van der Waals surface area contributed by atoms with Crippen molar-refractivity contribution in [2.75, 3.05) is 0 Å². The quantitative estimate of drug-likeness (QED) is 0.827. The fourth-order valence-electron chi connectivity index (χ4n) is 3.93. The number of carbonyl (C=O) groups is 2. The van der Waals surface area contributed by atoms with Crippen molar-refractivity contribution in [2.24, 2.45) is 11.8 Å². The molecule has 0 aromatic heterocycles. The standard InChI is InChI=1S/C20H27NO4/c22-19(14-7-5-8-15(12-14)20(23)24)21-13-16-6-1-4-11-18(16)25-17-9-2-3-10-17/h1,4,6,11,14-15,17H,2-3,5,7-10,12-13H2,(H,21,22)(H,23,24). The average Bonchev–Trinajstić information content (AvgIpc) is 3.14. The Hall–Kier alpha value is -2.04. The Morgan fingerprint density at radius 1 is 1.04 bits per heavy atom. The topological polar surface area (TPSA) is 75.6 Å². The molecule has 1 amide bonds. The van der Waals surface area contributed by atoms with Crippen LogP contribution in [-0.4, -0.2) is 23.1 Å². The van der Waals surface area contributed by atoms with Crippen LogP contribution in [0.15, 0.2) is 24.3 Å². The molecule has 2 aliphatic carbocycles. The summed E-state index contributed by atoms with van der Waals surface area (Å²) in [6, 6.07) is 7.84. The van der Waals surface area contributed by atoms with Gasteiger partial charge in [0.1, 0.15) is 5.75 Å². The molecule has 136 valence electrons. The minimum Gasteiger partial charge on any atom is -0.490 e. The summed E-state index contributed by atoms with van der Waals surface area (Å²) >= 11 is 0. The minimum atomic E-state index is -0.784. The third kappa shape index (κ3) is 4.74. The fourth-order valence-corrected chi connectivity index (χ4v) is 3.93. The van der Waals surface area contributed by atoms with E-state index in [-0.39, 0.29) is 23.8 Å². The van der Waals surface area contributed by atoms with Crippen LogP contribution in [0.5, 0.6) is 5.75 Å². The number of rotatable bonds is 6. The second-order valence-corrected chi connectivity index (χ2v) is 7.25. The summed E-state index contributed by atoms with van der Waals surface area (Å²) in [5.74, 6) is -0.559. The lowest BCUT2D eigenvalue weighted by atomic mass is 9.81. The van der Waals surface area contributed by atoms with Gasteiger partial charge >= 0.3 is 5.97 Å². The monoisotopic (exact) mass is 345 g/mol. The molecule has 0 bridgehead atoms. The number of aliphatic carboxylic acids is 1. The molecule has 0 radical (unpaired) electrons. The summed E-state index contributed by atoms with van der Waals surface area (Å²) in [5.41, 5.74) is 0.980. The van der Waals surface area contributed by atoms with Gasteiger partial charge < -0.3 is 15.2 Å². The smallest absolute Gasteiger partial charge is 0.306 e. The highest BCUT2D eigenvalue weighted by molar-refractivity contribution is 5.80. The van der Waals surface area contributed by atoms with E-state index in [1.807, 2.05) is 24.3 Å². The van der Waals surface area contributed by atoms with Crippen molar-refractivity contribution in [3.63, 3.8) is 0 Å². The number of benzene rings is 1. The summed E-state index contributed by atoms with van der Waals surface area (Å²) < 4.78 is 6.10. The van der Waals surface area contributed by atoms with Gasteiger partial charge in [0.2, 0.25) is 5.91 Å². The molecule has 25 heavy (non-hydrogen) atoms. The van der Waals surface area contributed by atoms with Crippen molar-refractivity contribution < 1.29 is 19.4 Å². The number of carbonyl (C=O) groups excluding carboxylic acids is 1. The SMILES string of the molecule is O=C(O)C1CCCC(C(=O)NCc2ccccc2OC2CCCC2)C1. The largest absolute Gasteiger partial charge is 0.490 e. The molecule has 0 spiro atoms. The van der Waals surface area contributed by atoms with Crippen LogP contribution in [0.1, 0.15) is 56.9 Å². The molecule has 2 N–H and O–H groups in total. The lowest BCUT2D eigenvalue weighted by Gasteiger charge is -2.26. The normalized spacial score (nSPS) is 24.0. The summed E-state index contributed by atoms with van der Waals surface area (Å²) in [5, 5.41) is 12.2. The molecule has 2 fully saturated rings. The molecule has 0 aliphatic heterocycles.